The first-order chi connectivity index (χ1) is 11.5. The summed E-state index contributed by atoms with van der Waals surface area (Å²) < 4.78 is 16.3. The minimum absolute atomic E-state index is 0.133. The van der Waals surface area contributed by atoms with E-state index in [2.05, 4.69) is 15.5 Å². The molecule has 2 aromatic heterocycles. The Labute approximate surface area is 142 Å². The van der Waals surface area contributed by atoms with Crippen LogP contribution >= 0.6 is 11.6 Å². The van der Waals surface area contributed by atoms with E-state index in [1.807, 2.05) is 13.0 Å². The van der Waals surface area contributed by atoms with E-state index in [1.54, 1.807) is 34.0 Å². The van der Waals surface area contributed by atoms with E-state index in [0.29, 0.717) is 17.3 Å². The number of carbonyl (C=O) groups excluding carboxylic acids is 1. The van der Waals surface area contributed by atoms with Gasteiger partial charge in [-0.3, -0.25) is 14.2 Å². The van der Waals surface area contributed by atoms with Crippen molar-refractivity contribution in [2.24, 2.45) is 0 Å². The zero-order valence-corrected chi connectivity index (χ0v) is 13.7. The Hall–Kier alpha value is -2.67. The highest BCUT2D eigenvalue weighted by atomic mass is 35.5. The third kappa shape index (κ3) is 3.80. The van der Waals surface area contributed by atoms with Crippen LogP contribution in [-0.2, 0) is 17.9 Å². The minimum Gasteiger partial charge on any atom is -0.322 e. The van der Waals surface area contributed by atoms with Gasteiger partial charge in [-0.1, -0.05) is 17.7 Å². The number of benzene rings is 1. The molecule has 0 unspecified atom stereocenters. The van der Waals surface area contributed by atoms with Crippen molar-refractivity contribution in [3.05, 3.63) is 65.0 Å². The second kappa shape index (κ2) is 6.84. The zero-order valence-electron chi connectivity index (χ0n) is 12.9. The lowest BCUT2D eigenvalue weighted by Gasteiger charge is -2.05. The quantitative estimate of drug-likeness (QED) is 0.771. The van der Waals surface area contributed by atoms with Crippen LogP contribution in [0.2, 0.25) is 5.02 Å². The predicted octanol–water partition coefficient (Wildman–Crippen LogP) is 2.87. The summed E-state index contributed by atoms with van der Waals surface area (Å²) >= 11 is 6.00. The van der Waals surface area contributed by atoms with Gasteiger partial charge in [0.05, 0.1) is 18.4 Å². The summed E-state index contributed by atoms with van der Waals surface area (Å²) in [6.45, 7) is 2.39. The lowest BCUT2D eigenvalue weighted by atomic mass is 10.2. The SMILES string of the molecule is Cc1ccnn1CC(=O)Nc1cnn(Cc2ccc(F)cc2Cl)c1. The van der Waals surface area contributed by atoms with Crippen molar-refractivity contribution in [3.8, 4) is 0 Å². The lowest BCUT2D eigenvalue weighted by Crippen LogP contribution is -2.19. The molecule has 0 saturated carbocycles. The first-order valence-corrected chi connectivity index (χ1v) is 7.64. The second-order valence-corrected chi connectivity index (χ2v) is 5.75. The molecule has 0 aliphatic heterocycles. The number of halogens is 2. The van der Waals surface area contributed by atoms with Crippen molar-refractivity contribution in [3.63, 3.8) is 0 Å². The molecule has 0 bridgehead atoms. The third-order valence-electron chi connectivity index (χ3n) is 3.49. The molecule has 2 heterocycles. The Morgan fingerprint density at radius 1 is 1.33 bits per heavy atom. The third-order valence-corrected chi connectivity index (χ3v) is 3.84. The monoisotopic (exact) mass is 347 g/mol. The smallest absolute Gasteiger partial charge is 0.246 e. The van der Waals surface area contributed by atoms with Crippen molar-refractivity contribution < 1.29 is 9.18 Å². The molecule has 0 aliphatic rings. The maximum absolute atomic E-state index is 13.1. The molecule has 1 aromatic carbocycles. The standard InChI is InChI=1S/C16H15ClFN5O/c1-11-4-5-19-23(11)10-16(24)21-14-7-20-22(9-14)8-12-2-3-13(18)6-15(12)17/h2-7,9H,8,10H2,1H3,(H,21,24). The average molecular weight is 348 g/mol. The van der Waals surface area contributed by atoms with Gasteiger partial charge in [0.1, 0.15) is 12.4 Å². The first kappa shape index (κ1) is 16.2. The largest absolute Gasteiger partial charge is 0.322 e. The highest BCUT2D eigenvalue weighted by Crippen LogP contribution is 2.18. The van der Waals surface area contributed by atoms with Gasteiger partial charge in [-0.2, -0.15) is 10.2 Å². The summed E-state index contributed by atoms with van der Waals surface area (Å²) in [7, 11) is 0. The van der Waals surface area contributed by atoms with Crippen LogP contribution in [-0.4, -0.2) is 25.5 Å². The normalized spacial score (nSPS) is 10.8. The Balaban J connectivity index is 1.63. The number of nitrogens with one attached hydrogen (secondary N) is 1. The van der Waals surface area contributed by atoms with Crippen LogP contribution in [0.5, 0.6) is 0 Å². The molecule has 6 nitrogen and oxygen atoms in total. The Morgan fingerprint density at radius 3 is 2.88 bits per heavy atom. The predicted molar refractivity (Wildman–Crippen MR) is 88.3 cm³/mol. The van der Waals surface area contributed by atoms with Gasteiger partial charge < -0.3 is 5.32 Å². The van der Waals surface area contributed by atoms with Crippen LogP contribution in [0, 0.1) is 12.7 Å². The van der Waals surface area contributed by atoms with E-state index >= 15 is 0 Å². The van der Waals surface area contributed by atoms with Crippen LogP contribution in [0.25, 0.3) is 0 Å². The number of hydrogen-bond acceptors (Lipinski definition) is 3. The number of anilines is 1. The summed E-state index contributed by atoms with van der Waals surface area (Å²) in [5, 5.41) is 11.3. The Bertz CT molecular complexity index is 873. The van der Waals surface area contributed by atoms with Gasteiger partial charge in [-0.05, 0) is 30.7 Å². The first-order valence-electron chi connectivity index (χ1n) is 7.26. The Morgan fingerprint density at radius 2 is 2.17 bits per heavy atom. The average Bonchev–Trinajstić information content (AvgIpc) is 3.12. The Kier molecular flexibility index (Phi) is 4.61. The summed E-state index contributed by atoms with van der Waals surface area (Å²) in [6, 6.07) is 6.05. The number of carbonyl (C=O) groups is 1. The molecule has 0 fully saturated rings. The molecule has 0 spiro atoms. The van der Waals surface area contributed by atoms with Crippen LogP contribution in [0.1, 0.15) is 11.3 Å². The molecule has 3 rings (SSSR count). The van der Waals surface area contributed by atoms with E-state index in [9.17, 15) is 9.18 Å². The van der Waals surface area contributed by atoms with Crippen molar-refractivity contribution >= 4 is 23.2 Å². The number of hydrogen-bond donors (Lipinski definition) is 1. The van der Waals surface area contributed by atoms with E-state index in [0.717, 1.165) is 11.3 Å². The van der Waals surface area contributed by atoms with Crippen molar-refractivity contribution in [1.29, 1.82) is 0 Å². The van der Waals surface area contributed by atoms with Crippen LogP contribution < -0.4 is 5.32 Å². The van der Waals surface area contributed by atoms with Crippen molar-refractivity contribution in [2.45, 2.75) is 20.0 Å². The molecule has 8 heteroatoms. The van der Waals surface area contributed by atoms with Crippen LogP contribution in [0.3, 0.4) is 0 Å². The highest BCUT2D eigenvalue weighted by molar-refractivity contribution is 6.31. The highest BCUT2D eigenvalue weighted by Gasteiger charge is 2.09. The topological polar surface area (TPSA) is 64.7 Å². The van der Waals surface area contributed by atoms with Gasteiger partial charge in [0, 0.05) is 23.1 Å². The summed E-state index contributed by atoms with van der Waals surface area (Å²) in [4.78, 5) is 12.0. The van der Waals surface area contributed by atoms with Gasteiger partial charge in [0.25, 0.3) is 0 Å². The summed E-state index contributed by atoms with van der Waals surface area (Å²) in [5.74, 6) is -0.577. The van der Waals surface area contributed by atoms with E-state index < -0.39 is 0 Å². The second-order valence-electron chi connectivity index (χ2n) is 5.34. The number of rotatable bonds is 5. The minimum atomic E-state index is -0.383. The fraction of sp³-hybridized carbons (Fsp3) is 0.188. The summed E-state index contributed by atoms with van der Waals surface area (Å²) in [6.07, 6.45) is 4.88. The fourth-order valence-corrected chi connectivity index (χ4v) is 2.47. The molecule has 1 N–H and O–H groups in total. The molecule has 1 amide bonds. The number of amides is 1. The van der Waals surface area contributed by atoms with Gasteiger partial charge in [0.15, 0.2) is 0 Å². The van der Waals surface area contributed by atoms with Crippen molar-refractivity contribution in [2.75, 3.05) is 5.32 Å². The molecule has 0 aliphatic carbocycles. The molecular formula is C16H15ClFN5O. The molecule has 0 atom stereocenters. The molecule has 24 heavy (non-hydrogen) atoms. The van der Waals surface area contributed by atoms with E-state index in [-0.39, 0.29) is 18.3 Å². The fourth-order valence-electron chi connectivity index (χ4n) is 2.24. The lowest BCUT2D eigenvalue weighted by molar-refractivity contribution is -0.116. The van der Waals surface area contributed by atoms with Crippen molar-refractivity contribution in [1.82, 2.24) is 19.6 Å². The van der Waals surface area contributed by atoms with Crippen LogP contribution in [0.4, 0.5) is 10.1 Å². The molecule has 0 saturated heterocycles. The maximum Gasteiger partial charge on any atom is 0.246 e. The number of aryl methyl sites for hydroxylation is 1. The summed E-state index contributed by atoms with van der Waals surface area (Å²) in [5.41, 5.74) is 2.22. The zero-order chi connectivity index (χ0) is 17.1. The van der Waals surface area contributed by atoms with E-state index in [4.69, 9.17) is 11.6 Å². The molecule has 0 radical (unpaired) electrons. The van der Waals surface area contributed by atoms with Crippen LogP contribution in [0.15, 0.2) is 42.9 Å². The van der Waals surface area contributed by atoms with E-state index in [1.165, 1.54) is 12.1 Å². The number of nitrogens with zero attached hydrogens (tertiary/aromatic N) is 4. The van der Waals surface area contributed by atoms with Gasteiger partial charge in [-0.25, -0.2) is 4.39 Å². The molecular weight excluding hydrogens is 333 g/mol. The van der Waals surface area contributed by atoms with Gasteiger partial charge in [-0.15, -0.1) is 0 Å². The molecule has 3 aromatic rings. The molecule has 124 valence electrons. The van der Waals surface area contributed by atoms with Gasteiger partial charge in [0.2, 0.25) is 5.91 Å². The number of aromatic nitrogens is 4. The van der Waals surface area contributed by atoms with Gasteiger partial charge >= 0.3 is 0 Å². The maximum atomic E-state index is 13.1.